The summed E-state index contributed by atoms with van der Waals surface area (Å²) >= 11 is 0. The van der Waals surface area contributed by atoms with Gasteiger partial charge >= 0.3 is 0 Å². The van der Waals surface area contributed by atoms with Crippen LogP contribution in [0.2, 0.25) is 0 Å². The van der Waals surface area contributed by atoms with Crippen molar-refractivity contribution in [2.24, 2.45) is 0 Å². The summed E-state index contributed by atoms with van der Waals surface area (Å²) in [7, 11) is -0.862. The summed E-state index contributed by atoms with van der Waals surface area (Å²) in [5, 5.41) is 0. The standard InChI is InChI=1S/C27H50P.ClH/c1-5-9-12-15-22-28(23-16-13-10-6-2,24-17-14-11-7-3)25-27-20-18-26(8-4)19-21-27;/h18-21H,5-17,22-25H2,1-4H3;1H/q+1;/p-1. The fraction of sp³-hybridized carbons (Fsp3) is 0.778. The topological polar surface area (TPSA) is 0 Å². The van der Waals surface area contributed by atoms with Crippen molar-refractivity contribution in [2.45, 2.75) is 117 Å². The zero-order chi connectivity index (χ0) is 20.5. The molecule has 0 nitrogen and oxygen atoms in total. The number of rotatable bonds is 18. The van der Waals surface area contributed by atoms with Gasteiger partial charge in [0.25, 0.3) is 0 Å². The van der Waals surface area contributed by atoms with Gasteiger partial charge in [-0.15, -0.1) is 0 Å². The van der Waals surface area contributed by atoms with Gasteiger partial charge in [-0.25, -0.2) is 0 Å². The van der Waals surface area contributed by atoms with E-state index in [0.29, 0.717) is 0 Å². The average Bonchev–Trinajstić information content (AvgIpc) is 2.72. The van der Waals surface area contributed by atoms with E-state index in [4.69, 9.17) is 0 Å². The lowest BCUT2D eigenvalue weighted by molar-refractivity contribution is -0.00000633. The van der Waals surface area contributed by atoms with Crippen LogP contribution in [0.5, 0.6) is 0 Å². The molecule has 1 rings (SSSR count). The van der Waals surface area contributed by atoms with Crippen molar-refractivity contribution >= 4 is 7.26 Å². The highest BCUT2D eigenvalue weighted by atomic mass is 35.5. The maximum absolute atomic E-state index is 2.46. The number of aryl methyl sites for hydroxylation is 1. The zero-order valence-electron chi connectivity index (χ0n) is 20.2. The summed E-state index contributed by atoms with van der Waals surface area (Å²) < 4.78 is 0. The van der Waals surface area contributed by atoms with Crippen molar-refractivity contribution < 1.29 is 12.4 Å². The van der Waals surface area contributed by atoms with E-state index in [1.165, 1.54) is 88.8 Å². The molecule has 2 heteroatoms. The monoisotopic (exact) mass is 440 g/mol. The molecule has 0 heterocycles. The molecule has 1 aromatic carbocycles. The van der Waals surface area contributed by atoms with Crippen LogP contribution in [0.15, 0.2) is 24.3 Å². The van der Waals surface area contributed by atoms with Gasteiger partial charge < -0.3 is 12.4 Å². The second-order valence-corrected chi connectivity index (χ2v) is 13.4. The lowest BCUT2D eigenvalue weighted by atomic mass is 10.1. The Bertz CT molecular complexity index is 437. The Kier molecular flexibility index (Phi) is 18.6. The smallest absolute Gasteiger partial charge is 0.0842 e. The van der Waals surface area contributed by atoms with Gasteiger partial charge in [0, 0.05) is 7.26 Å². The minimum absolute atomic E-state index is 0. The van der Waals surface area contributed by atoms with E-state index in [0.717, 1.165) is 6.42 Å². The molecule has 0 fully saturated rings. The first-order valence-corrected chi connectivity index (χ1v) is 15.2. The van der Waals surface area contributed by atoms with E-state index < -0.39 is 7.26 Å². The van der Waals surface area contributed by atoms with Crippen LogP contribution in [-0.4, -0.2) is 18.5 Å². The van der Waals surface area contributed by atoms with Crippen LogP contribution in [0.4, 0.5) is 0 Å². The zero-order valence-corrected chi connectivity index (χ0v) is 21.8. The summed E-state index contributed by atoms with van der Waals surface area (Å²) in [6.45, 7) is 9.29. The van der Waals surface area contributed by atoms with Crippen LogP contribution in [0.1, 0.15) is 116 Å². The maximum atomic E-state index is 2.46. The Hall–Kier alpha value is -0.0600. The number of hydrogen-bond acceptors (Lipinski definition) is 0. The Morgan fingerprint density at radius 1 is 0.517 bits per heavy atom. The molecule has 0 aliphatic carbocycles. The van der Waals surface area contributed by atoms with Crippen molar-refractivity contribution in [3.8, 4) is 0 Å². The highest BCUT2D eigenvalue weighted by molar-refractivity contribution is 7.75. The summed E-state index contributed by atoms with van der Waals surface area (Å²) in [6.07, 6.45) is 24.4. The van der Waals surface area contributed by atoms with Gasteiger partial charge in [0.15, 0.2) is 0 Å². The van der Waals surface area contributed by atoms with E-state index >= 15 is 0 Å². The quantitative estimate of drug-likeness (QED) is 0.180. The lowest BCUT2D eigenvalue weighted by Crippen LogP contribution is -3.00. The Morgan fingerprint density at radius 3 is 1.24 bits per heavy atom. The maximum Gasteiger partial charge on any atom is 0.0842 e. The molecule has 0 aliphatic heterocycles. The minimum Gasteiger partial charge on any atom is -1.00 e. The van der Waals surface area contributed by atoms with E-state index in [2.05, 4.69) is 52.0 Å². The first kappa shape index (κ1) is 28.9. The molecule has 0 saturated heterocycles. The second kappa shape index (κ2) is 18.7. The van der Waals surface area contributed by atoms with Crippen LogP contribution < -0.4 is 12.4 Å². The Labute approximate surface area is 190 Å². The molecule has 0 spiro atoms. The number of benzene rings is 1. The summed E-state index contributed by atoms with van der Waals surface area (Å²) in [4.78, 5) is 0. The number of hydrogen-bond donors (Lipinski definition) is 0. The normalized spacial score (nSPS) is 11.4. The minimum atomic E-state index is -0.862. The highest BCUT2D eigenvalue weighted by Gasteiger charge is 2.35. The molecule has 0 radical (unpaired) electrons. The van der Waals surface area contributed by atoms with Gasteiger partial charge in [0.2, 0.25) is 0 Å². The average molecular weight is 441 g/mol. The van der Waals surface area contributed by atoms with Gasteiger partial charge in [-0.1, -0.05) is 90.5 Å². The Balaban J connectivity index is 0.00000784. The molecule has 0 amide bonds. The van der Waals surface area contributed by atoms with Crippen LogP contribution in [-0.2, 0) is 12.6 Å². The predicted octanol–water partition coefficient (Wildman–Crippen LogP) is 6.51. The SMILES string of the molecule is CCCCCC[P+](CCCCCC)(CCCCCC)Cc1ccc(CC)cc1.[Cl-]. The molecule has 0 bridgehead atoms. The third-order valence-electron chi connectivity index (χ3n) is 6.41. The summed E-state index contributed by atoms with van der Waals surface area (Å²) in [6, 6.07) is 9.68. The molecular formula is C27H50ClP. The van der Waals surface area contributed by atoms with Gasteiger partial charge in [-0.2, -0.15) is 0 Å². The highest BCUT2D eigenvalue weighted by Crippen LogP contribution is 2.63. The largest absolute Gasteiger partial charge is 1.00 e. The van der Waals surface area contributed by atoms with Crippen molar-refractivity contribution in [1.82, 2.24) is 0 Å². The van der Waals surface area contributed by atoms with Crippen LogP contribution >= 0.6 is 7.26 Å². The molecule has 0 atom stereocenters. The van der Waals surface area contributed by atoms with Crippen molar-refractivity contribution in [1.29, 1.82) is 0 Å². The van der Waals surface area contributed by atoms with Gasteiger partial charge in [-0.3, -0.25) is 0 Å². The summed E-state index contributed by atoms with van der Waals surface area (Å²) in [5.74, 6) is 0. The molecular weight excluding hydrogens is 391 g/mol. The molecule has 0 aliphatic rings. The van der Waals surface area contributed by atoms with Crippen LogP contribution in [0.25, 0.3) is 0 Å². The third kappa shape index (κ3) is 13.1. The van der Waals surface area contributed by atoms with Crippen LogP contribution in [0.3, 0.4) is 0 Å². The Morgan fingerprint density at radius 2 is 0.897 bits per heavy atom. The van der Waals surface area contributed by atoms with E-state index in [1.807, 2.05) is 0 Å². The molecule has 29 heavy (non-hydrogen) atoms. The fourth-order valence-electron chi connectivity index (χ4n) is 4.46. The summed E-state index contributed by atoms with van der Waals surface area (Å²) in [5.41, 5.74) is 3.12. The lowest BCUT2D eigenvalue weighted by Gasteiger charge is -2.29. The second-order valence-electron chi connectivity index (χ2n) is 9.02. The molecule has 0 N–H and O–H groups in total. The van der Waals surface area contributed by atoms with Gasteiger partial charge in [-0.05, 0) is 56.1 Å². The molecule has 170 valence electrons. The molecule has 1 aromatic rings. The van der Waals surface area contributed by atoms with Gasteiger partial charge in [0.05, 0.1) is 24.6 Å². The third-order valence-corrected chi connectivity index (χ3v) is 11.2. The molecule has 0 saturated carbocycles. The van der Waals surface area contributed by atoms with E-state index in [-0.39, 0.29) is 12.4 Å². The number of unbranched alkanes of at least 4 members (excludes halogenated alkanes) is 9. The first-order valence-electron chi connectivity index (χ1n) is 12.6. The fourth-order valence-corrected chi connectivity index (χ4v) is 9.28. The molecule has 0 aromatic heterocycles. The van der Waals surface area contributed by atoms with Gasteiger partial charge in [0.1, 0.15) is 0 Å². The van der Waals surface area contributed by atoms with Crippen molar-refractivity contribution in [3.63, 3.8) is 0 Å². The molecule has 0 unspecified atom stereocenters. The first-order chi connectivity index (χ1) is 13.7. The van der Waals surface area contributed by atoms with Crippen molar-refractivity contribution in [3.05, 3.63) is 35.4 Å². The predicted molar refractivity (Wildman–Crippen MR) is 133 cm³/mol. The van der Waals surface area contributed by atoms with E-state index in [1.54, 1.807) is 24.0 Å². The van der Waals surface area contributed by atoms with E-state index in [9.17, 15) is 0 Å². The number of halogens is 1. The van der Waals surface area contributed by atoms with Crippen LogP contribution in [0, 0.1) is 0 Å². The van der Waals surface area contributed by atoms with Crippen molar-refractivity contribution in [2.75, 3.05) is 18.5 Å².